The molecule has 2 aromatic heterocycles. The lowest BCUT2D eigenvalue weighted by molar-refractivity contribution is -0.142. The second kappa shape index (κ2) is 5.05. The Balaban J connectivity index is 2.42. The third-order valence-electron chi connectivity index (χ3n) is 2.17. The highest BCUT2D eigenvalue weighted by Gasteiger charge is 2.11. The fraction of sp³-hybridized carbons (Fsp3) is 0.273. The zero-order valence-electron chi connectivity index (χ0n) is 9.18. The summed E-state index contributed by atoms with van der Waals surface area (Å²) in [5, 5.41) is 0.863. The van der Waals surface area contributed by atoms with Crippen molar-refractivity contribution in [1.29, 1.82) is 0 Å². The van der Waals surface area contributed by atoms with Crippen molar-refractivity contribution < 1.29 is 9.53 Å². The molecule has 88 valence electrons. The van der Waals surface area contributed by atoms with Gasteiger partial charge in [0.05, 0.1) is 30.4 Å². The lowest BCUT2D eigenvalue weighted by Gasteiger charge is -2.05. The van der Waals surface area contributed by atoms with Crippen LogP contribution >= 0.6 is 11.6 Å². The summed E-state index contributed by atoms with van der Waals surface area (Å²) in [6.07, 6.45) is 3.28. The fourth-order valence-corrected chi connectivity index (χ4v) is 1.69. The highest BCUT2D eigenvalue weighted by Crippen LogP contribution is 2.17. The van der Waals surface area contributed by atoms with Gasteiger partial charge in [-0.3, -0.25) is 9.78 Å². The summed E-state index contributed by atoms with van der Waals surface area (Å²) >= 11 is 5.78. The number of nitrogens with zero attached hydrogens (tertiary/aromatic N) is 3. The topological polar surface area (TPSA) is 65.0 Å². The Kier molecular flexibility index (Phi) is 3.49. The average molecular weight is 252 g/mol. The molecule has 0 aliphatic rings. The largest absolute Gasteiger partial charge is 0.466 e. The number of esters is 1. The number of fused-ring (bicyclic) bond motifs is 1. The van der Waals surface area contributed by atoms with Gasteiger partial charge in [0, 0.05) is 11.6 Å². The first kappa shape index (κ1) is 11.7. The maximum atomic E-state index is 11.4. The second-order valence-electron chi connectivity index (χ2n) is 3.31. The minimum atomic E-state index is -0.333. The van der Waals surface area contributed by atoms with Crippen LogP contribution in [0.2, 0.25) is 5.28 Å². The van der Waals surface area contributed by atoms with Gasteiger partial charge in [-0.1, -0.05) is 0 Å². The van der Waals surface area contributed by atoms with Gasteiger partial charge in [-0.15, -0.1) is 0 Å². The number of ether oxygens (including phenoxy) is 1. The molecule has 2 heterocycles. The van der Waals surface area contributed by atoms with E-state index in [0.29, 0.717) is 17.8 Å². The van der Waals surface area contributed by atoms with Crippen LogP contribution in [0.15, 0.2) is 18.5 Å². The van der Waals surface area contributed by atoms with Gasteiger partial charge >= 0.3 is 5.97 Å². The summed E-state index contributed by atoms with van der Waals surface area (Å²) in [7, 11) is 0. The SMILES string of the molecule is CCOC(=O)Cc1nc(Cl)nc2cnccc12. The molecule has 0 aliphatic carbocycles. The van der Waals surface area contributed by atoms with Crippen LogP contribution in [0.1, 0.15) is 12.6 Å². The quantitative estimate of drug-likeness (QED) is 0.615. The third kappa shape index (κ3) is 2.68. The van der Waals surface area contributed by atoms with E-state index in [1.54, 1.807) is 25.4 Å². The van der Waals surface area contributed by atoms with Crippen LogP contribution in [0.5, 0.6) is 0 Å². The predicted molar refractivity (Wildman–Crippen MR) is 62.7 cm³/mol. The third-order valence-corrected chi connectivity index (χ3v) is 2.34. The van der Waals surface area contributed by atoms with Crippen LogP contribution in [-0.4, -0.2) is 27.5 Å². The van der Waals surface area contributed by atoms with Crippen molar-refractivity contribution in [2.75, 3.05) is 6.61 Å². The van der Waals surface area contributed by atoms with Gasteiger partial charge in [-0.2, -0.15) is 0 Å². The van der Waals surface area contributed by atoms with Crippen molar-refractivity contribution in [1.82, 2.24) is 15.0 Å². The van der Waals surface area contributed by atoms with Crippen molar-refractivity contribution in [3.05, 3.63) is 29.4 Å². The van der Waals surface area contributed by atoms with Gasteiger partial charge in [0.25, 0.3) is 0 Å². The Morgan fingerprint density at radius 3 is 3.06 bits per heavy atom. The molecular formula is C11H10ClN3O2. The summed E-state index contributed by atoms with van der Waals surface area (Å²) in [5.41, 5.74) is 1.17. The van der Waals surface area contributed by atoms with E-state index in [2.05, 4.69) is 15.0 Å². The van der Waals surface area contributed by atoms with Gasteiger partial charge in [0.15, 0.2) is 0 Å². The molecule has 2 rings (SSSR count). The number of rotatable bonds is 3. The van der Waals surface area contributed by atoms with Crippen molar-refractivity contribution in [2.24, 2.45) is 0 Å². The molecule has 0 unspecified atom stereocenters. The Hall–Kier alpha value is -1.75. The van der Waals surface area contributed by atoms with E-state index in [9.17, 15) is 4.79 Å². The van der Waals surface area contributed by atoms with Gasteiger partial charge < -0.3 is 4.74 Å². The molecule has 0 atom stereocenters. The molecule has 0 saturated heterocycles. The maximum Gasteiger partial charge on any atom is 0.311 e. The second-order valence-corrected chi connectivity index (χ2v) is 3.65. The number of carbonyl (C=O) groups excluding carboxylic acids is 1. The van der Waals surface area contributed by atoms with Gasteiger partial charge in [0.1, 0.15) is 0 Å². The number of aromatic nitrogens is 3. The summed E-state index contributed by atoms with van der Waals surface area (Å²) < 4.78 is 4.88. The van der Waals surface area contributed by atoms with E-state index in [1.165, 1.54) is 0 Å². The lowest BCUT2D eigenvalue weighted by Crippen LogP contribution is -2.09. The Bertz CT molecular complexity index is 559. The van der Waals surface area contributed by atoms with Gasteiger partial charge in [-0.25, -0.2) is 9.97 Å². The Labute approximate surface area is 103 Å². The highest BCUT2D eigenvalue weighted by atomic mass is 35.5. The zero-order valence-corrected chi connectivity index (χ0v) is 9.94. The minimum Gasteiger partial charge on any atom is -0.466 e. The number of hydrogen-bond donors (Lipinski definition) is 0. The fourth-order valence-electron chi connectivity index (χ4n) is 1.50. The van der Waals surface area contributed by atoms with E-state index in [1.807, 2.05) is 0 Å². The van der Waals surface area contributed by atoms with E-state index in [4.69, 9.17) is 16.3 Å². The summed E-state index contributed by atoms with van der Waals surface area (Å²) in [6.45, 7) is 2.10. The Morgan fingerprint density at radius 1 is 1.47 bits per heavy atom. The molecule has 0 aromatic carbocycles. The summed E-state index contributed by atoms with van der Waals surface area (Å²) in [6, 6.07) is 1.75. The van der Waals surface area contributed by atoms with E-state index >= 15 is 0 Å². The van der Waals surface area contributed by atoms with E-state index < -0.39 is 0 Å². The smallest absolute Gasteiger partial charge is 0.311 e. The number of halogens is 1. The molecule has 0 spiro atoms. The molecule has 0 N–H and O–H groups in total. The van der Waals surface area contributed by atoms with Crippen LogP contribution in [0.4, 0.5) is 0 Å². The van der Waals surface area contributed by atoms with Gasteiger partial charge in [-0.05, 0) is 24.6 Å². The molecule has 17 heavy (non-hydrogen) atoms. The molecular weight excluding hydrogens is 242 g/mol. The van der Waals surface area contributed by atoms with Crippen molar-refractivity contribution in [3.63, 3.8) is 0 Å². The minimum absolute atomic E-state index is 0.0800. The highest BCUT2D eigenvalue weighted by molar-refractivity contribution is 6.28. The van der Waals surface area contributed by atoms with Crippen molar-refractivity contribution in [2.45, 2.75) is 13.3 Å². The van der Waals surface area contributed by atoms with E-state index in [-0.39, 0.29) is 17.7 Å². The monoisotopic (exact) mass is 251 g/mol. The number of pyridine rings is 1. The lowest BCUT2D eigenvalue weighted by atomic mass is 10.2. The summed E-state index contributed by atoms with van der Waals surface area (Å²) in [4.78, 5) is 23.5. The molecule has 0 fully saturated rings. The molecule has 6 heteroatoms. The maximum absolute atomic E-state index is 11.4. The number of carbonyl (C=O) groups is 1. The normalized spacial score (nSPS) is 10.5. The van der Waals surface area contributed by atoms with Crippen LogP contribution in [0, 0.1) is 0 Å². The Morgan fingerprint density at radius 2 is 2.29 bits per heavy atom. The summed E-state index contributed by atoms with van der Waals surface area (Å²) in [5.74, 6) is -0.333. The number of hydrogen-bond acceptors (Lipinski definition) is 5. The predicted octanol–water partition coefficient (Wildman–Crippen LogP) is 1.78. The van der Waals surface area contributed by atoms with Crippen molar-refractivity contribution >= 4 is 28.5 Å². The van der Waals surface area contributed by atoms with Crippen LogP contribution < -0.4 is 0 Å². The molecule has 0 bridgehead atoms. The standard InChI is InChI=1S/C11H10ClN3O2/c1-2-17-10(16)5-8-7-3-4-13-6-9(7)15-11(12)14-8/h3-4,6H,2,5H2,1H3. The van der Waals surface area contributed by atoms with Crippen LogP contribution in [0.25, 0.3) is 10.9 Å². The average Bonchev–Trinajstić information content (AvgIpc) is 2.29. The molecule has 5 nitrogen and oxygen atoms in total. The van der Waals surface area contributed by atoms with Crippen LogP contribution in [-0.2, 0) is 16.0 Å². The molecule has 0 aliphatic heterocycles. The first-order chi connectivity index (χ1) is 8.20. The molecule has 0 amide bonds. The zero-order chi connectivity index (χ0) is 12.3. The first-order valence-electron chi connectivity index (χ1n) is 5.12. The van der Waals surface area contributed by atoms with Crippen LogP contribution in [0.3, 0.4) is 0 Å². The molecule has 0 radical (unpaired) electrons. The molecule has 2 aromatic rings. The van der Waals surface area contributed by atoms with Gasteiger partial charge in [0.2, 0.25) is 5.28 Å². The molecule has 0 saturated carbocycles. The first-order valence-corrected chi connectivity index (χ1v) is 5.50. The van der Waals surface area contributed by atoms with E-state index in [0.717, 1.165) is 5.39 Å². The van der Waals surface area contributed by atoms with Crippen molar-refractivity contribution in [3.8, 4) is 0 Å².